The number of rotatable bonds is 10. The largest absolute Gasteiger partial charge is 0.504 e. The first-order valence-electron chi connectivity index (χ1n) is 21.8. The molecule has 0 unspecified atom stereocenters. The number of anilines is 2. The maximum atomic E-state index is 12.1. The van der Waals surface area contributed by atoms with Gasteiger partial charge in [-0.15, -0.1) is 12.4 Å². The maximum absolute atomic E-state index is 12.1. The Kier molecular flexibility index (Phi) is 23.5. The van der Waals surface area contributed by atoms with Gasteiger partial charge in [0.25, 0.3) is 33.4 Å². The van der Waals surface area contributed by atoms with Crippen LogP contribution >= 0.6 is 95.5 Å². The number of nitrogens with zero attached hydrogens (tertiary/aromatic N) is 7. The molecule has 30 heteroatoms. The topological polar surface area (TPSA) is 329 Å². The first-order valence-corrected chi connectivity index (χ1v) is 26.6. The second kappa shape index (κ2) is 28.6. The molecule has 0 bridgehead atoms. The molecule has 22 nitrogen and oxygen atoms in total. The average Bonchev–Trinajstić information content (AvgIpc) is 3.89. The van der Waals surface area contributed by atoms with Crippen LogP contribution in [0, 0.1) is 24.0 Å². The molecule has 0 aliphatic carbocycles. The number of ether oxygens (including phenoxy) is 3. The Balaban J connectivity index is 0.000000254. The van der Waals surface area contributed by atoms with Gasteiger partial charge in [-0.1, -0.05) is 47.8 Å². The SMILES string of the molecule is CN1C(=O)S/C(=C\c2cc(Oc3ccc(N)nc3)c(O)cc2Br)C1=O.Cc1cc(Br)c(/C=C2\SC(=O)N(C)C2=O)cc1Oc1ccc(N)nc1.Cc1cc(Br)c(/C=C2\SC(=O)N(C)C2=O)cc1Oc1ccc([N+](=O)[O-])nc1.Cl.N.[Fe]. The van der Waals surface area contributed by atoms with Crippen molar-refractivity contribution in [1.82, 2.24) is 35.8 Å². The quantitative estimate of drug-likeness (QED) is 0.0428. The van der Waals surface area contributed by atoms with Crippen molar-refractivity contribution in [1.29, 1.82) is 0 Å². The van der Waals surface area contributed by atoms with Gasteiger partial charge in [-0.25, -0.2) is 9.97 Å². The first kappa shape index (κ1) is 65.7. The Morgan fingerprint density at radius 2 is 0.887 bits per heavy atom. The molecule has 6 aromatic rings. The molecule has 80 heavy (non-hydrogen) atoms. The molecule has 3 fully saturated rings. The smallest absolute Gasteiger partial charge is 0.363 e. The summed E-state index contributed by atoms with van der Waals surface area (Å²) in [6.45, 7) is 3.75. The fourth-order valence-electron chi connectivity index (χ4n) is 6.42. The van der Waals surface area contributed by atoms with E-state index in [1.54, 1.807) is 66.9 Å². The van der Waals surface area contributed by atoms with E-state index in [2.05, 4.69) is 62.7 Å². The van der Waals surface area contributed by atoms with E-state index in [0.29, 0.717) is 70.7 Å². The molecule has 0 atom stereocenters. The number of phenols is 1. The van der Waals surface area contributed by atoms with E-state index in [1.807, 2.05) is 26.0 Å². The van der Waals surface area contributed by atoms with Crippen LogP contribution in [-0.2, 0) is 31.5 Å². The third-order valence-corrected chi connectivity index (χ3v) is 15.5. The van der Waals surface area contributed by atoms with Gasteiger partial charge in [-0.2, -0.15) is 0 Å². The fourth-order valence-corrected chi connectivity index (χ4v) is 10.5. The number of nitro groups is 1. The number of carbonyl (C=O) groups is 6. The van der Waals surface area contributed by atoms with Crippen molar-refractivity contribution in [2.24, 2.45) is 0 Å². The molecular weight excluding hydrogens is 1360 g/mol. The van der Waals surface area contributed by atoms with E-state index in [4.69, 9.17) is 25.7 Å². The number of benzene rings is 3. The summed E-state index contributed by atoms with van der Waals surface area (Å²) in [5.74, 6) is 1.93. The van der Waals surface area contributed by atoms with E-state index in [9.17, 15) is 44.0 Å². The normalized spacial score (nSPS) is 15.2. The van der Waals surface area contributed by atoms with E-state index in [-0.39, 0.29) is 86.4 Å². The van der Waals surface area contributed by atoms with Gasteiger partial charge in [-0.05, 0) is 172 Å². The molecule has 3 aliphatic heterocycles. The van der Waals surface area contributed by atoms with Gasteiger partial charge in [0.05, 0.1) is 27.1 Å². The van der Waals surface area contributed by atoms with E-state index >= 15 is 0 Å². The maximum Gasteiger partial charge on any atom is 0.363 e. The Labute approximate surface area is 510 Å². The van der Waals surface area contributed by atoms with Gasteiger partial charge in [0.2, 0.25) is 0 Å². The summed E-state index contributed by atoms with van der Waals surface area (Å²) in [4.78, 5) is 96.9. The number of likely N-dealkylation sites (N-methyl/N-ethyl adjacent to an activating group) is 3. The van der Waals surface area contributed by atoms with Crippen LogP contribution in [0.25, 0.3) is 18.2 Å². The second-order valence-electron chi connectivity index (χ2n) is 16.1. The Hall–Kier alpha value is -6.79. The van der Waals surface area contributed by atoms with E-state index in [1.165, 1.54) is 51.7 Å². The predicted molar refractivity (Wildman–Crippen MR) is 315 cm³/mol. The van der Waals surface area contributed by atoms with Crippen LogP contribution in [0.1, 0.15) is 27.8 Å². The third kappa shape index (κ3) is 16.2. The van der Waals surface area contributed by atoms with E-state index < -0.39 is 4.92 Å². The minimum atomic E-state index is -0.590. The van der Waals surface area contributed by atoms with Gasteiger partial charge in [-0.3, -0.25) is 43.5 Å². The summed E-state index contributed by atoms with van der Waals surface area (Å²) in [5.41, 5.74) is 14.8. The second-order valence-corrected chi connectivity index (χ2v) is 21.6. The number of halogens is 4. The Morgan fingerprint density at radius 3 is 1.19 bits per heavy atom. The summed E-state index contributed by atoms with van der Waals surface area (Å²) in [6, 6.07) is 19.5. The van der Waals surface area contributed by atoms with Crippen molar-refractivity contribution in [3.63, 3.8) is 0 Å². The number of hydrogen-bond acceptors (Lipinski definition) is 21. The van der Waals surface area contributed by atoms with Crippen LogP contribution in [0.15, 0.2) is 120 Å². The van der Waals surface area contributed by atoms with Crippen LogP contribution in [0.4, 0.5) is 31.8 Å². The zero-order valence-corrected chi connectivity index (χ0v) is 51.1. The Bertz CT molecular complexity index is 3380. The fraction of sp³-hybridized carbons (Fsp3) is 0.100. The number of amides is 6. The van der Waals surface area contributed by atoms with Crippen molar-refractivity contribution < 1.29 is 70.1 Å². The van der Waals surface area contributed by atoms with Crippen LogP contribution < -0.4 is 31.8 Å². The molecule has 3 saturated heterocycles. The van der Waals surface area contributed by atoms with Gasteiger partial charge in [0, 0.05) is 57.7 Å². The summed E-state index contributed by atoms with van der Waals surface area (Å²) in [6.07, 6.45) is 9.08. The van der Waals surface area contributed by atoms with Crippen molar-refractivity contribution >= 4 is 165 Å². The van der Waals surface area contributed by atoms with Crippen LogP contribution in [0.2, 0.25) is 0 Å². The number of phenolic OH excluding ortho intramolecular Hbond substituents is 1. The number of thioether (sulfide) groups is 3. The summed E-state index contributed by atoms with van der Waals surface area (Å²) in [7, 11) is 4.32. The van der Waals surface area contributed by atoms with Crippen molar-refractivity contribution in [2.45, 2.75) is 13.8 Å². The first-order chi connectivity index (χ1) is 36.4. The number of aromatic hydroxyl groups is 1. The van der Waals surface area contributed by atoms with Crippen LogP contribution in [0.5, 0.6) is 40.2 Å². The molecular formula is C50H42Br3ClFeN10O12S3. The molecule has 8 N–H and O–H groups in total. The molecule has 418 valence electrons. The number of nitrogens with two attached hydrogens (primary N) is 2. The molecule has 3 aromatic heterocycles. The van der Waals surface area contributed by atoms with E-state index in [0.717, 1.165) is 75.6 Å². The van der Waals surface area contributed by atoms with Crippen molar-refractivity contribution in [2.75, 3.05) is 32.6 Å². The monoisotopic (exact) mass is 1400 g/mol. The third-order valence-electron chi connectivity index (χ3n) is 10.6. The summed E-state index contributed by atoms with van der Waals surface area (Å²) < 4.78 is 19.3. The summed E-state index contributed by atoms with van der Waals surface area (Å²) in [5, 5.41) is 19.8. The minimum absolute atomic E-state index is 0. The van der Waals surface area contributed by atoms with Gasteiger partial charge in [0.15, 0.2) is 23.4 Å². The number of aryl methyl sites for hydroxylation is 2. The molecule has 3 aliphatic rings. The molecule has 6 heterocycles. The zero-order valence-electron chi connectivity index (χ0n) is 41.9. The van der Waals surface area contributed by atoms with Gasteiger partial charge >= 0.3 is 5.82 Å². The molecule has 0 spiro atoms. The van der Waals surface area contributed by atoms with Crippen molar-refractivity contribution in [3.8, 4) is 40.2 Å². The molecule has 0 saturated carbocycles. The standard InChI is InChI=1S/C17H12BrN3O5S.C17H14BrN3O3S.C16H12BrN3O4S.ClH.Fe.H3N/c1-9-5-12(18)10(7-14-16(22)20(2)17(23)27-14)6-13(9)26-11-3-4-15(19-8-11)21(24)25;1-9-5-12(18)10(7-14-16(22)21(2)17(23)25-14)6-13(9)24-11-3-4-15(19)20-8-11;1-20-15(22)13(25-16(20)23)5-8-4-12(11(21)6-10(8)17)24-9-2-3-14(18)19-7-9;;;/h3-8H,1-2H3;3-8H,1-2H3,(H2,19,20);2-7,21H,1H3,(H2,18,19);1H;;1H3/b2*14-7-;13-5-;;;. The zero-order chi connectivity index (χ0) is 56.0. The van der Waals surface area contributed by atoms with Crippen molar-refractivity contribution in [3.05, 3.63) is 157 Å². The summed E-state index contributed by atoms with van der Waals surface area (Å²) >= 11 is 12.9. The predicted octanol–water partition coefficient (Wildman–Crippen LogP) is 12.9. The number of carbonyl (C=O) groups excluding carboxylic acids is 6. The van der Waals surface area contributed by atoms with Crippen LogP contribution in [0.3, 0.4) is 0 Å². The number of pyridine rings is 3. The number of aromatic nitrogens is 3. The molecule has 9 rings (SSSR count). The van der Waals surface area contributed by atoms with Crippen LogP contribution in [-0.4, -0.2) is 94.3 Å². The average molecular weight is 1400 g/mol. The number of nitrogen functional groups attached to an aromatic ring is 2. The molecule has 0 radical (unpaired) electrons. The van der Waals surface area contributed by atoms with Gasteiger partial charge in [0.1, 0.15) is 34.6 Å². The molecule has 3 aromatic carbocycles. The molecule has 6 amide bonds. The number of hydrogen-bond donors (Lipinski definition) is 4. The Morgan fingerprint density at radius 1 is 0.562 bits per heavy atom. The number of imide groups is 3. The van der Waals surface area contributed by atoms with Gasteiger partial charge < -0.3 is 47.0 Å². The minimum Gasteiger partial charge on any atom is -0.504 e.